The van der Waals surface area contributed by atoms with Crippen LogP contribution in [0.1, 0.15) is 24.8 Å². The Bertz CT molecular complexity index is 346. The summed E-state index contributed by atoms with van der Waals surface area (Å²) in [7, 11) is 0. The largest absolute Gasteiger partial charge is 0.300 e. The van der Waals surface area contributed by atoms with E-state index >= 15 is 0 Å². The van der Waals surface area contributed by atoms with Crippen molar-refractivity contribution in [3.05, 3.63) is 35.6 Å². The third-order valence-corrected chi connectivity index (χ3v) is 2.62. The molecular formula is C11H11FO. The van der Waals surface area contributed by atoms with Gasteiger partial charge in [0.15, 0.2) is 0 Å². The lowest BCUT2D eigenvalue weighted by molar-refractivity contribution is -0.118. The number of halogens is 1. The highest BCUT2D eigenvalue weighted by molar-refractivity contribution is 5.82. The Morgan fingerprint density at radius 3 is 2.69 bits per heavy atom. The molecule has 0 aromatic heterocycles. The predicted octanol–water partition coefficient (Wildman–Crippen LogP) is 2.52. The van der Waals surface area contributed by atoms with E-state index in [0.717, 1.165) is 6.42 Å². The first-order valence-electron chi connectivity index (χ1n) is 4.45. The van der Waals surface area contributed by atoms with Crippen molar-refractivity contribution in [1.29, 1.82) is 0 Å². The van der Waals surface area contributed by atoms with Gasteiger partial charge >= 0.3 is 0 Å². The minimum atomic E-state index is -0.184. The van der Waals surface area contributed by atoms with E-state index in [1.807, 2.05) is 6.07 Å². The van der Waals surface area contributed by atoms with Crippen LogP contribution in [0.25, 0.3) is 0 Å². The van der Waals surface area contributed by atoms with Crippen LogP contribution in [0.4, 0.5) is 4.39 Å². The number of ketones is 1. The summed E-state index contributed by atoms with van der Waals surface area (Å²) >= 11 is 0. The Kier molecular flexibility index (Phi) is 1.91. The van der Waals surface area contributed by atoms with Gasteiger partial charge < -0.3 is 0 Å². The average molecular weight is 178 g/mol. The molecule has 0 saturated heterocycles. The molecule has 1 fully saturated rings. The van der Waals surface area contributed by atoms with Crippen molar-refractivity contribution in [2.75, 3.05) is 0 Å². The van der Waals surface area contributed by atoms with Crippen LogP contribution in [-0.2, 0) is 4.79 Å². The maximum Gasteiger partial charge on any atom is 0.133 e. The van der Waals surface area contributed by atoms with Gasteiger partial charge in [-0.05, 0) is 30.9 Å². The zero-order chi connectivity index (χ0) is 9.42. The second-order valence-corrected chi connectivity index (χ2v) is 3.58. The van der Waals surface area contributed by atoms with Crippen molar-refractivity contribution >= 4 is 5.78 Å². The van der Waals surface area contributed by atoms with E-state index in [0.29, 0.717) is 5.56 Å². The second-order valence-electron chi connectivity index (χ2n) is 3.58. The molecule has 0 N–H and O–H groups in total. The highest BCUT2D eigenvalue weighted by atomic mass is 19.1. The predicted molar refractivity (Wildman–Crippen MR) is 47.9 cm³/mol. The van der Waals surface area contributed by atoms with Crippen LogP contribution in [0.2, 0.25) is 0 Å². The van der Waals surface area contributed by atoms with Gasteiger partial charge in [0.1, 0.15) is 11.6 Å². The molecule has 1 saturated carbocycles. The lowest BCUT2D eigenvalue weighted by Crippen LogP contribution is -1.96. The van der Waals surface area contributed by atoms with Gasteiger partial charge in [0.05, 0.1) is 0 Å². The number of rotatable bonds is 2. The number of carbonyl (C=O) groups excluding carboxylic acids is 1. The van der Waals surface area contributed by atoms with Crippen LogP contribution in [0.15, 0.2) is 24.3 Å². The molecule has 2 rings (SSSR count). The normalized spacial score (nSPS) is 25.7. The van der Waals surface area contributed by atoms with Crippen LogP contribution in [0, 0.1) is 11.7 Å². The zero-order valence-corrected chi connectivity index (χ0v) is 7.46. The first-order valence-corrected chi connectivity index (χ1v) is 4.45. The monoisotopic (exact) mass is 178 g/mol. The molecule has 2 heteroatoms. The minimum absolute atomic E-state index is 0.0666. The molecule has 0 heterocycles. The summed E-state index contributed by atoms with van der Waals surface area (Å²) in [5.74, 6) is 0.195. The van der Waals surface area contributed by atoms with Crippen LogP contribution in [0.3, 0.4) is 0 Å². The highest BCUT2D eigenvalue weighted by Gasteiger charge is 2.42. The molecule has 2 unspecified atom stereocenters. The first-order chi connectivity index (χ1) is 6.20. The Labute approximate surface area is 76.6 Å². The average Bonchev–Trinajstić information content (AvgIpc) is 2.84. The van der Waals surface area contributed by atoms with Crippen molar-refractivity contribution in [1.82, 2.24) is 0 Å². The summed E-state index contributed by atoms with van der Waals surface area (Å²) in [4.78, 5) is 11.0. The van der Waals surface area contributed by atoms with Gasteiger partial charge in [-0.25, -0.2) is 4.39 Å². The first kappa shape index (κ1) is 8.42. The Morgan fingerprint density at radius 2 is 2.15 bits per heavy atom. The Balaban J connectivity index is 2.21. The van der Waals surface area contributed by atoms with Crippen molar-refractivity contribution in [3.8, 4) is 0 Å². The van der Waals surface area contributed by atoms with Crippen LogP contribution < -0.4 is 0 Å². The van der Waals surface area contributed by atoms with E-state index in [2.05, 4.69) is 0 Å². The number of carbonyl (C=O) groups is 1. The summed E-state index contributed by atoms with van der Waals surface area (Å²) in [6.45, 7) is 1.57. The molecule has 0 aliphatic heterocycles. The highest BCUT2D eigenvalue weighted by Crippen LogP contribution is 2.48. The van der Waals surface area contributed by atoms with Gasteiger partial charge in [-0.2, -0.15) is 0 Å². The summed E-state index contributed by atoms with van der Waals surface area (Å²) < 4.78 is 13.2. The molecule has 1 nitrogen and oxygen atoms in total. The standard InChI is InChI=1S/C11H11FO/c1-7(13)9-6-10(9)8-4-2-3-5-11(8)12/h2-5,9-10H,6H2,1H3. The molecule has 1 aromatic rings. The Morgan fingerprint density at radius 1 is 1.46 bits per heavy atom. The molecule has 0 spiro atoms. The van der Waals surface area contributed by atoms with Gasteiger partial charge in [0.25, 0.3) is 0 Å². The summed E-state index contributed by atoms with van der Waals surface area (Å²) in [5, 5.41) is 0. The number of benzene rings is 1. The number of hydrogen-bond acceptors (Lipinski definition) is 1. The van der Waals surface area contributed by atoms with Gasteiger partial charge in [-0.1, -0.05) is 18.2 Å². The van der Waals surface area contributed by atoms with Gasteiger partial charge in [0.2, 0.25) is 0 Å². The minimum Gasteiger partial charge on any atom is -0.300 e. The van der Waals surface area contributed by atoms with Gasteiger partial charge in [-0.15, -0.1) is 0 Å². The lowest BCUT2D eigenvalue weighted by Gasteiger charge is -1.99. The summed E-state index contributed by atoms with van der Waals surface area (Å²) in [6, 6.07) is 6.70. The molecule has 0 amide bonds. The smallest absolute Gasteiger partial charge is 0.133 e. The number of hydrogen-bond donors (Lipinski definition) is 0. The van der Waals surface area contributed by atoms with Crippen molar-refractivity contribution in [2.45, 2.75) is 19.3 Å². The fraction of sp³-hybridized carbons (Fsp3) is 0.364. The molecule has 0 bridgehead atoms. The fourth-order valence-corrected chi connectivity index (χ4v) is 1.76. The van der Waals surface area contributed by atoms with E-state index in [1.54, 1.807) is 19.1 Å². The second kappa shape index (κ2) is 2.95. The zero-order valence-electron chi connectivity index (χ0n) is 7.46. The van der Waals surface area contributed by atoms with Crippen LogP contribution >= 0.6 is 0 Å². The molecule has 1 aromatic carbocycles. The topological polar surface area (TPSA) is 17.1 Å². The lowest BCUT2D eigenvalue weighted by atomic mass is 10.1. The van der Waals surface area contributed by atoms with E-state index in [4.69, 9.17) is 0 Å². The maximum absolute atomic E-state index is 13.2. The molecular weight excluding hydrogens is 167 g/mol. The molecule has 2 atom stereocenters. The van der Waals surface area contributed by atoms with Crippen LogP contribution in [-0.4, -0.2) is 5.78 Å². The third kappa shape index (κ3) is 1.48. The third-order valence-electron chi connectivity index (χ3n) is 2.62. The number of Topliss-reactive ketones (excluding diaryl/α,β-unsaturated/α-hetero) is 1. The molecule has 1 aliphatic rings. The van der Waals surface area contributed by atoms with Crippen LogP contribution in [0.5, 0.6) is 0 Å². The van der Waals surface area contributed by atoms with E-state index in [1.165, 1.54) is 6.07 Å². The molecule has 0 radical (unpaired) electrons. The van der Waals surface area contributed by atoms with Gasteiger partial charge in [-0.3, -0.25) is 4.79 Å². The quantitative estimate of drug-likeness (QED) is 0.680. The van der Waals surface area contributed by atoms with Gasteiger partial charge in [0, 0.05) is 5.92 Å². The summed E-state index contributed by atoms with van der Waals surface area (Å²) in [5.41, 5.74) is 0.697. The fourth-order valence-electron chi connectivity index (χ4n) is 1.76. The summed E-state index contributed by atoms with van der Waals surface area (Å²) in [6.07, 6.45) is 0.816. The maximum atomic E-state index is 13.2. The van der Waals surface area contributed by atoms with Crippen molar-refractivity contribution in [3.63, 3.8) is 0 Å². The SMILES string of the molecule is CC(=O)C1CC1c1ccccc1F. The van der Waals surface area contributed by atoms with E-state index < -0.39 is 0 Å². The molecule has 68 valence electrons. The van der Waals surface area contributed by atoms with E-state index in [-0.39, 0.29) is 23.4 Å². The van der Waals surface area contributed by atoms with Crippen molar-refractivity contribution < 1.29 is 9.18 Å². The van der Waals surface area contributed by atoms with E-state index in [9.17, 15) is 9.18 Å². The Hall–Kier alpha value is -1.18. The molecule has 1 aliphatic carbocycles. The van der Waals surface area contributed by atoms with Crippen molar-refractivity contribution in [2.24, 2.45) is 5.92 Å². The molecule has 13 heavy (non-hydrogen) atoms.